The maximum absolute atomic E-state index is 13.8. The second kappa shape index (κ2) is 8.79. The normalized spacial score (nSPS) is 16.2. The van der Waals surface area contributed by atoms with Gasteiger partial charge in [-0.1, -0.05) is 30.3 Å². The smallest absolute Gasteiger partial charge is 0.316 e. The van der Waals surface area contributed by atoms with Gasteiger partial charge in [0.2, 0.25) is 5.82 Å². The van der Waals surface area contributed by atoms with Crippen LogP contribution in [0.25, 0.3) is 11.3 Å². The SMILES string of the molecule is CC1CN(c2ccc(C(F)(F)F)cc2)C(=O)c2c(-c3cnc(C(F)(F)F)n3Cc3ccccc3)cnn21. The Balaban J connectivity index is 1.58. The van der Waals surface area contributed by atoms with Gasteiger partial charge in [-0.05, 0) is 36.8 Å². The van der Waals surface area contributed by atoms with Crippen LogP contribution in [0.5, 0.6) is 0 Å². The topological polar surface area (TPSA) is 56.0 Å². The quantitative estimate of drug-likeness (QED) is 0.309. The maximum atomic E-state index is 13.8. The Kier molecular flexibility index (Phi) is 5.84. The molecule has 0 saturated heterocycles. The van der Waals surface area contributed by atoms with Gasteiger partial charge in [0.15, 0.2) is 0 Å². The van der Waals surface area contributed by atoms with E-state index < -0.39 is 35.7 Å². The average Bonchev–Trinajstić information content (AvgIpc) is 3.46. The lowest BCUT2D eigenvalue weighted by Crippen LogP contribution is -2.42. The molecule has 0 fully saturated rings. The number of aromatic nitrogens is 4. The van der Waals surface area contributed by atoms with Crippen molar-refractivity contribution in [2.75, 3.05) is 11.4 Å². The number of anilines is 1. The highest BCUT2D eigenvalue weighted by Gasteiger charge is 2.40. The van der Waals surface area contributed by atoms with E-state index in [9.17, 15) is 31.1 Å². The molecule has 0 saturated carbocycles. The molecule has 0 spiro atoms. The van der Waals surface area contributed by atoms with E-state index >= 15 is 0 Å². The molecule has 1 aliphatic rings. The number of imidazole rings is 1. The van der Waals surface area contributed by atoms with E-state index in [4.69, 9.17) is 0 Å². The highest BCUT2D eigenvalue weighted by atomic mass is 19.4. The number of benzene rings is 2. The Bertz CT molecular complexity index is 1440. The van der Waals surface area contributed by atoms with Gasteiger partial charge in [0.05, 0.1) is 35.3 Å². The van der Waals surface area contributed by atoms with Gasteiger partial charge in [0, 0.05) is 18.8 Å². The van der Waals surface area contributed by atoms with E-state index in [2.05, 4.69) is 10.1 Å². The van der Waals surface area contributed by atoms with Crippen LogP contribution in [-0.2, 0) is 18.9 Å². The number of alkyl halides is 6. The van der Waals surface area contributed by atoms with Crippen molar-refractivity contribution in [3.63, 3.8) is 0 Å². The van der Waals surface area contributed by atoms with Crippen LogP contribution in [0.4, 0.5) is 32.0 Å². The highest BCUT2D eigenvalue weighted by Crippen LogP contribution is 2.37. The highest BCUT2D eigenvalue weighted by molar-refractivity contribution is 6.09. The number of fused-ring (bicyclic) bond motifs is 1. The summed E-state index contributed by atoms with van der Waals surface area (Å²) in [5, 5.41) is 4.26. The van der Waals surface area contributed by atoms with Gasteiger partial charge in [-0.2, -0.15) is 31.4 Å². The predicted octanol–water partition coefficient (Wildman–Crippen LogP) is 6.05. The Labute approximate surface area is 206 Å². The zero-order valence-electron chi connectivity index (χ0n) is 19.3. The molecule has 4 aromatic rings. The van der Waals surface area contributed by atoms with E-state index in [1.54, 1.807) is 37.3 Å². The third-order valence-corrected chi connectivity index (χ3v) is 6.18. The Morgan fingerprint density at radius 3 is 2.22 bits per heavy atom. The number of amides is 1. The monoisotopic (exact) mass is 519 g/mol. The second-order valence-electron chi connectivity index (χ2n) is 8.70. The van der Waals surface area contributed by atoms with Gasteiger partial charge in [-0.25, -0.2) is 4.98 Å². The first-order valence-corrected chi connectivity index (χ1v) is 11.2. The van der Waals surface area contributed by atoms with E-state index in [1.807, 2.05) is 0 Å². The third-order valence-electron chi connectivity index (χ3n) is 6.18. The molecule has 2 aromatic heterocycles. The van der Waals surface area contributed by atoms with Crippen molar-refractivity contribution < 1.29 is 31.1 Å². The third kappa shape index (κ3) is 4.47. The molecule has 37 heavy (non-hydrogen) atoms. The molecule has 3 heterocycles. The molecular formula is C25H19F6N5O. The molecule has 0 N–H and O–H groups in total. The van der Waals surface area contributed by atoms with Crippen molar-refractivity contribution in [1.82, 2.24) is 19.3 Å². The molecule has 0 aliphatic carbocycles. The summed E-state index contributed by atoms with van der Waals surface area (Å²) < 4.78 is 82.9. The van der Waals surface area contributed by atoms with E-state index in [0.717, 1.165) is 22.9 Å². The molecule has 0 bridgehead atoms. The van der Waals surface area contributed by atoms with Crippen LogP contribution >= 0.6 is 0 Å². The van der Waals surface area contributed by atoms with Crippen LogP contribution in [0.15, 0.2) is 67.0 Å². The zero-order chi connectivity index (χ0) is 26.5. The van der Waals surface area contributed by atoms with Crippen LogP contribution in [-0.4, -0.2) is 31.8 Å². The van der Waals surface area contributed by atoms with E-state index in [-0.39, 0.29) is 35.7 Å². The molecule has 0 radical (unpaired) electrons. The summed E-state index contributed by atoms with van der Waals surface area (Å²) in [6.07, 6.45) is -6.90. The molecular weight excluding hydrogens is 500 g/mol. The number of rotatable bonds is 4. The van der Waals surface area contributed by atoms with Gasteiger partial charge < -0.3 is 9.47 Å². The fourth-order valence-electron chi connectivity index (χ4n) is 4.45. The second-order valence-corrected chi connectivity index (χ2v) is 8.70. The van der Waals surface area contributed by atoms with Crippen molar-refractivity contribution in [2.24, 2.45) is 0 Å². The standard InChI is InChI=1S/C25H19F6N5O/c1-15-13-34(18-9-7-17(8-10-18)24(26,27)28)22(37)21-19(11-33-36(15)21)20-12-32-23(25(29,30)31)35(20)14-16-5-3-2-4-6-16/h2-12,15H,13-14H2,1H3. The predicted molar refractivity (Wildman–Crippen MR) is 122 cm³/mol. The van der Waals surface area contributed by atoms with Crippen molar-refractivity contribution in [3.8, 4) is 11.3 Å². The summed E-state index contributed by atoms with van der Waals surface area (Å²) in [6.45, 7) is 1.73. The average molecular weight is 519 g/mol. The molecule has 1 atom stereocenters. The first kappa shape index (κ1) is 24.6. The van der Waals surface area contributed by atoms with Gasteiger partial charge in [-0.3, -0.25) is 9.48 Å². The summed E-state index contributed by atoms with van der Waals surface area (Å²) >= 11 is 0. The Morgan fingerprint density at radius 2 is 1.59 bits per heavy atom. The summed E-state index contributed by atoms with van der Waals surface area (Å²) in [5.41, 5.74) is 0.196. The van der Waals surface area contributed by atoms with Crippen molar-refractivity contribution >= 4 is 11.6 Å². The molecule has 2 aromatic carbocycles. The molecule has 1 amide bonds. The van der Waals surface area contributed by atoms with Crippen molar-refractivity contribution in [1.29, 1.82) is 0 Å². The lowest BCUT2D eigenvalue weighted by Gasteiger charge is -2.32. The number of halogens is 6. The number of hydrogen-bond donors (Lipinski definition) is 0. The van der Waals surface area contributed by atoms with Crippen LogP contribution < -0.4 is 4.90 Å². The Morgan fingerprint density at radius 1 is 0.919 bits per heavy atom. The van der Waals surface area contributed by atoms with Crippen LogP contribution in [0, 0.1) is 0 Å². The molecule has 1 unspecified atom stereocenters. The first-order valence-electron chi connectivity index (χ1n) is 11.2. The number of carbonyl (C=O) groups excluding carboxylic acids is 1. The number of carbonyl (C=O) groups is 1. The maximum Gasteiger partial charge on any atom is 0.449 e. The molecule has 6 nitrogen and oxygen atoms in total. The molecule has 192 valence electrons. The molecule has 5 rings (SSSR count). The molecule has 1 aliphatic heterocycles. The summed E-state index contributed by atoms with van der Waals surface area (Å²) in [7, 11) is 0. The number of nitrogens with zero attached hydrogens (tertiary/aromatic N) is 5. The van der Waals surface area contributed by atoms with Crippen LogP contribution in [0.3, 0.4) is 0 Å². The first-order chi connectivity index (χ1) is 17.4. The molecule has 12 heteroatoms. The minimum Gasteiger partial charge on any atom is -0.316 e. The lowest BCUT2D eigenvalue weighted by molar-refractivity contribution is -0.147. The summed E-state index contributed by atoms with van der Waals surface area (Å²) in [5.74, 6) is -1.71. The van der Waals surface area contributed by atoms with E-state index in [1.165, 1.54) is 27.9 Å². The van der Waals surface area contributed by atoms with Gasteiger partial charge in [0.1, 0.15) is 5.69 Å². The van der Waals surface area contributed by atoms with Gasteiger partial charge in [0.25, 0.3) is 5.91 Å². The summed E-state index contributed by atoms with van der Waals surface area (Å²) in [6, 6.07) is 12.3. The largest absolute Gasteiger partial charge is 0.449 e. The fourth-order valence-corrected chi connectivity index (χ4v) is 4.45. The van der Waals surface area contributed by atoms with Gasteiger partial charge in [-0.15, -0.1) is 0 Å². The summed E-state index contributed by atoms with van der Waals surface area (Å²) in [4.78, 5) is 18.5. The van der Waals surface area contributed by atoms with Crippen LogP contribution in [0.1, 0.15) is 40.4 Å². The minimum absolute atomic E-state index is 0.0292. The van der Waals surface area contributed by atoms with E-state index in [0.29, 0.717) is 5.56 Å². The Hall–Kier alpha value is -4.09. The van der Waals surface area contributed by atoms with Crippen LogP contribution in [0.2, 0.25) is 0 Å². The lowest BCUT2D eigenvalue weighted by atomic mass is 10.1. The van der Waals surface area contributed by atoms with Crippen molar-refractivity contribution in [2.45, 2.75) is 31.9 Å². The minimum atomic E-state index is -4.75. The van der Waals surface area contributed by atoms with Crippen molar-refractivity contribution in [3.05, 3.63) is 89.6 Å². The van der Waals surface area contributed by atoms with Gasteiger partial charge >= 0.3 is 12.4 Å². The number of hydrogen-bond acceptors (Lipinski definition) is 3. The fraction of sp³-hybridized carbons (Fsp3) is 0.240. The zero-order valence-corrected chi connectivity index (χ0v) is 19.3.